The van der Waals surface area contributed by atoms with Crippen molar-refractivity contribution in [2.75, 3.05) is 13.6 Å². The van der Waals surface area contributed by atoms with Gasteiger partial charge < -0.3 is 5.73 Å². The van der Waals surface area contributed by atoms with Gasteiger partial charge in [-0.05, 0) is 51.4 Å². The maximum Gasteiger partial charge on any atom is 0.107 e. The van der Waals surface area contributed by atoms with Crippen LogP contribution in [0, 0.1) is 0 Å². The van der Waals surface area contributed by atoms with Crippen LogP contribution >= 0.6 is 50.2 Å². The zero-order valence-corrected chi connectivity index (χ0v) is 13.9. The van der Waals surface area contributed by atoms with Gasteiger partial charge in [-0.3, -0.25) is 4.90 Å². The quantitative estimate of drug-likeness (QED) is 0.853. The number of hydrogen-bond donors (Lipinski definition) is 1. The van der Waals surface area contributed by atoms with Crippen molar-refractivity contribution in [3.8, 4) is 0 Å². The summed E-state index contributed by atoms with van der Waals surface area (Å²) < 4.78 is 1.74. The lowest BCUT2D eigenvalue weighted by Gasteiger charge is -2.25. The van der Waals surface area contributed by atoms with Crippen LogP contribution in [-0.4, -0.2) is 18.5 Å². The Morgan fingerprint density at radius 3 is 2.83 bits per heavy atom. The standard InChI is InChI=1S/C12H14BrClN2S2/c1-16(6-8-2-3-17-7-8)10(5-15)11-4-9(13)12(14)18-11/h2-4,7,10H,5-6,15H2,1H3. The molecule has 2 aromatic heterocycles. The molecule has 2 nitrogen and oxygen atoms in total. The monoisotopic (exact) mass is 364 g/mol. The van der Waals surface area contributed by atoms with Crippen molar-refractivity contribution in [3.05, 3.63) is 42.1 Å². The molecule has 0 aliphatic carbocycles. The van der Waals surface area contributed by atoms with E-state index in [0.29, 0.717) is 6.54 Å². The van der Waals surface area contributed by atoms with E-state index < -0.39 is 0 Å². The molecule has 2 heterocycles. The molecular weight excluding hydrogens is 352 g/mol. The zero-order valence-electron chi connectivity index (χ0n) is 9.90. The van der Waals surface area contributed by atoms with Crippen LogP contribution in [0.15, 0.2) is 27.4 Å². The third kappa shape index (κ3) is 3.35. The molecule has 0 aromatic carbocycles. The van der Waals surface area contributed by atoms with Gasteiger partial charge in [-0.15, -0.1) is 11.3 Å². The van der Waals surface area contributed by atoms with E-state index in [1.807, 2.05) is 0 Å². The fourth-order valence-corrected chi connectivity index (χ4v) is 4.40. The van der Waals surface area contributed by atoms with Gasteiger partial charge in [0.25, 0.3) is 0 Å². The van der Waals surface area contributed by atoms with Crippen LogP contribution in [0.4, 0.5) is 0 Å². The Morgan fingerprint density at radius 2 is 2.33 bits per heavy atom. The van der Waals surface area contributed by atoms with Gasteiger partial charge in [0.1, 0.15) is 4.34 Å². The molecule has 0 saturated carbocycles. The van der Waals surface area contributed by atoms with Crippen molar-refractivity contribution < 1.29 is 0 Å². The minimum atomic E-state index is 0.207. The summed E-state index contributed by atoms with van der Waals surface area (Å²) in [4.78, 5) is 3.46. The van der Waals surface area contributed by atoms with Crippen molar-refractivity contribution >= 4 is 50.2 Å². The summed E-state index contributed by atoms with van der Waals surface area (Å²) in [5.74, 6) is 0. The SMILES string of the molecule is CN(Cc1ccsc1)C(CN)c1cc(Br)c(Cl)s1. The topological polar surface area (TPSA) is 29.3 Å². The smallest absolute Gasteiger partial charge is 0.107 e. The van der Waals surface area contributed by atoms with Gasteiger partial charge in [0.15, 0.2) is 0 Å². The van der Waals surface area contributed by atoms with Crippen LogP contribution < -0.4 is 5.73 Å². The first kappa shape index (κ1) is 14.5. The molecule has 18 heavy (non-hydrogen) atoms. The predicted octanol–water partition coefficient (Wildman–Crippen LogP) is 4.36. The first-order chi connectivity index (χ1) is 8.61. The van der Waals surface area contributed by atoms with Crippen molar-refractivity contribution in [1.82, 2.24) is 4.90 Å². The predicted molar refractivity (Wildman–Crippen MR) is 84.6 cm³/mol. The maximum atomic E-state index is 6.09. The average Bonchev–Trinajstić information content (AvgIpc) is 2.92. The van der Waals surface area contributed by atoms with Gasteiger partial charge >= 0.3 is 0 Å². The molecule has 0 aliphatic heterocycles. The first-order valence-electron chi connectivity index (χ1n) is 5.48. The normalized spacial score (nSPS) is 13.2. The molecule has 98 valence electrons. The van der Waals surface area contributed by atoms with Crippen LogP contribution in [0.5, 0.6) is 0 Å². The lowest BCUT2D eigenvalue weighted by atomic mass is 10.2. The molecule has 1 unspecified atom stereocenters. The van der Waals surface area contributed by atoms with E-state index in [-0.39, 0.29) is 6.04 Å². The maximum absolute atomic E-state index is 6.09. The molecule has 0 fully saturated rings. The minimum absolute atomic E-state index is 0.207. The summed E-state index contributed by atoms with van der Waals surface area (Å²) in [6.07, 6.45) is 0. The van der Waals surface area contributed by atoms with E-state index in [0.717, 1.165) is 15.4 Å². The Hall–Kier alpha value is 0.0900. The van der Waals surface area contributed by atoms with Crippen LogP contribution in [-0.2, 0) is 6.54 Å². The minimum Gasteiger partial charge on any atom is -0.329 e. The summed E-state index contributed by atoms with van der Waals surface area (Å²) in [6.45, 7) is 1.49. The Labute approximate surface area is 128 Å². The number of nitrogens with two attached hydrogens (primary N) is 1. The zero-order chi connectivity index (χ0) is 13.1. The highest BCUT2D eigenvalue weighted by atomic mass is 79.9. The van der Waals surface area contributed by atoms with E-state index in [9.17, 15) is 0 Å². The largest absolute Gasteiger partial charge is 0.329 e. The van der Waals surface area contributed by atoms with Gasteiger partial charge in [-0.2, -0.15) is 11.3 Å². The summed E-state index contributed by atoms with van der Waals surface area (Å²) in [5, 5.41) is 4.26. The fraction of sp³-hybridized carbons (Fsp3) is 0.333. The first-order valence-corrected chi connectivity index (χ1v) is 8.41. The fourth-order valence-electron chi connectivity index (χ4n) is 1.82. The molecule has 0 aliphatic rings. The second-order valence-electron chi connectivity index (χ2n) is 4.07. The Balaban J connectivity index is 2.12. The average molecular weight is 366 g/mol. The summed E-state index contributed by atoms with van der Waals surface area (Å²) in [6, 6.07) is 4.42. The molecule has 6 heteroatoms. The van der Waals surface area contributed by atoms with Gasteiger partial charge in [-0.1, -0.05) is 11.6 Å². The van der Waals surface area contributed by atoms with Crippen LogP contribution in [0.25, 0.3) is 0 Å². The van der Waals surface area contributed by atoms with Crippen molar-refractivity contribution in [2.24, 2.45) is 5.73 Å². The van der Waals surface area contributed by atoms with Crippen molar-refractivity contribution in [3.63, 3.8) is 0 Å². The second kappa shape index (κ2) is 6.50. The molecule has 0 radical (unpaired) electrons. The van der Waals surface area contributed by atoms with Gasteiger partial charge in [0.2, 0.25) is 0 Å². The summed E-state index contributed by atoms with van der Waals surface area (Å²) in [5.41, 5.74) is 7.23. The molecule has 2 aromatic rings. The molecule has 0 saturated heterocycles. The van der Waals surface area contributed by atoms with Crippen molar-refractivity contribution in [1.29, 1.82) is 0 Å². The summed E-state index contributed by atoms with van der Waals surface area (Å²) in [7, 11) is 2.09. The number of nitrogens with zero attached hydrogens (tertiary/aromatic N) is 1. The highest BCUT2D eigenvalue weighted by molar-refractivity contribution is 9.10. The Kier molecular flexibility index (Phi) is 5.24. The number of hydrogen-bond acceptors (Lipinski definition) is 4. The number of thiophene rings is 2. The van der Waals surface area contributed by atoms with Crippen LogP contribution in [0.2, 0.25) is 4.34 Å². The molecule has 2 rings (SSSR count). The number of likely N-dealkylation sites (N-methyl/N-ethyl adjacent to an activating group) is 1. The lowest BCUT2D eigenvalue weighted by molar-refractivity contribution is 0.245. The molecule has 0 amide bonds. The van der Waals surface area contributed by atoms with Gasteiger partial charge in [-0.25, -0.2) is 0 Å². The Bertz CT molecular complexity index is 479. The van der Waals surface area contributed by atoms with E-state index >= 15 is 0 Å². The molecule has 0 bridgehead atoms. The third-order valence-corrected chi connectivity index (χ3v) is 6.07. The van der Waals surface area contributed by atoms with Gasteiger partial charge in [0, 0.05) is 22.4 Å². The third-order valence-electron chi connectivity index (χ3n) is 2.76. The van der Waals surface area contributed by atoms with Crippen LogP contribution in [0.1, 0.15) is 16.5 Å². The molecule has 2 N–H and O–H groups in total. The van der Waals surface area contributed by atoms with E-state index in [1.165, 1.54) is 10.4 Å². The van der Waals surface area contributed by atoms with Gasteiger partial charge in [0.05, 0.1) is 6.04 Å². The second-order valence-corrected chi connectivity index (χ2v) is 7.39. The highest BCUT2D eigenvalue weighted by Gasteiger charge is 2.19. The van der Waals surface area contributed by atoms with Crippen LogP contribution in [0.3, 0.4) is 0 Å². The van der Waals surface area contributed by atoms with E-state index in [1.54, 1.807) is 22.7 Å². The number of halogens is 2. The lowest BCUT2D eigenvalue weighted by Crippen LogP contribution is -2.29. The van der Waals surface area contributed by atoms with E-state index in [4.69, 9.17) is 17.3 Å². The molecular formula is C12H14BrClN2S2. The highest BCUT2D eigenvalue weighted by Crippen LogP contribution is 2.36. The molecule has 0 spiro atoms. The number of rotatable bonds is 5. The van der Waals surface area contributed by atoms with E-state index in [2.05, 4.69) is 50.8 Å². The van der Waals surface area contributed by atoms with Crippen molar-refractivity contribution in [2.45, 2.75) is 12.6 Å². The Morgan fingerprint density at radius 1 is 1.56 bits per heavy atom. The summed E-state index contributed by atoms with van der Waals surface area (Å²) >= 11 is 12.8. The molecule has 1 atom stereocenters.